The van der Waals surface area contributed by atoms with Crippen LogP contribution in [0.2, 0.25) is 0 Å². The van der Waals surface area contributed by atoms with Crippen molar-refractivity contribution in [2.45, 2.75) is 24.2 Å². The molecule has 0 saturated heterocycles. The van der Waals surface area contributed by atoms with E-state index in [2.05, 4.69) is 30.6 Å². The van der Waals surface area contributed by atoms with Gasteiger partial charge in [0.05, 0.1) is 52.3 Å². The first kappa shape index (κ1) is 29.8. The summed E-state index contributed by atoms with van der Waals surface area (Å²) in [5.74, 6) is -0.439. The normalized spacial score (nSPS) is 11.0. The maximum absolute atomic E-state index is 12.7. The molecule has 0 radical (unpaired) electrons. The number of benzene rings is 3. The van der Waals surface area contributed by atoms with Crippen LogP contribution >= 0.6 is 23.5 Å². The number of ether oxygens (including phenoxy) is 2. The van der Waals surface area contributed by atoms with Crippen molar-refractivity contribution in [3.8, 4) is 11.5 Å². The number of aromatic carboxylic acids is 1. The number of nitrogens with one attached hydrogen (secondary N) is 4. The molecule has 12 nitrogen and oxygen atoms in total. The van der Waals surface area contributed by atoms with Gasteiger partial charge in [0.25, 0.3) is 0 Å². The standard InChI is InChI=1S/C29H28N6O6S2/c1-3-40-19-5-7-21-23(12-19)34-28(32-21)42-14-25(36)30-17-9-16(27(38)39)10-18(11-17)31-26(37)15-43-29-33-22-8-6-20(41-4-2)13-24(22)35-29/h5-13H,3-4,14-15H2,1-2H3,(H,30,36)(H,31,37)(H,32,34)(H,33,35)(H,38,39). The second-order valence-electron chi connectivity index (χ2n) is 9.09. The van der Waals surface area contributed by atoms with Crippen LogP contribution in [-0.4, -0.2) is 67.5 Å². The second kappa shape index (κ2) is 13.5. The van der Waals surface area contributed by atoms with Crippen LogP contribution in [0, 0.1) is 0 Å². The van der Waals surface area contributed by atoms with Crippen LogP contribution in [0.3, 0.4) is 0 Å². The first-order chi connectivity index (χ1) is 20.8. The topological polar surface area (TPSA) is 171 Å². The number of carbonyl (C=O) groups excluding carboxylic acids is 2. The second-order valence-corrected chi connectivity index (χ2v) is 11.0. The number of amides is 2. The van der Waals surface area contributed by atoms with E-state index in [0.29, 0.717) is 23.5 Å². The van der Waals surface area contributed by atoms with E-state index in [4.69, 9.17) is 9.47 Å². The molecule has 2 amide bonds. The molecule has 5 N–H and O–H groups in total. The summed E-state index contributed by atoms with van der Waals surface area (Å²) in [4.78, 5) is 52.4. The molecule has 0 aliphatic heterocycles. The zero-order chi connectivity index (χ0) is 30.3. The molecule has 0 aliphatic carbocycles. The van der Waals surface area contributed by atoms with Gasteiger partial charge in [-0.25, -0.2) is 14.8 Å². The van der Waals surface area contributed by atoms with Crippen LogP contribution in [0.1, 0.15) is 24.2 Å². The fourth-order valence-electron chi connectivity index (χ4n) is 4.14. The molecule has 5 aromatic rings. The number of aromatic nitrogens is 4. The Balaban J connectivity index is 1.18. The number of fused-ring (bicyclic) bond motifs is 2. The number of carbonyl (C=O) groups is 3. The molecule has 3 aromatic carbocycles. The maximum Gasteiger partial charge on any atom is 0.335 e. The van der Waals surface area contributed by atoms with Crippen molar-refractivity contribution < 1.29 is 29.0 Å². The van der Waals surface area contributed by atoms with Crippen molar-refractivity contribution in [3.63, 3.8) is 0 Å². The Morgan fingerprint density at radius 2 is 1.21 bits per heavy atom. The lowest BCUT2D eigenvalue weighted by atomic mass is 10.1. The van der Waals surface area contributed by atoms with Gasteiger partial charge < -0.3 is 35.2 Å². The van der Waals surface area contributed by atoms with Gasteiger partial charge in [-0.15, -0.1) is 0 Å². The predicted molar refractivity (Wildman–Crippen MR) is 167 cm³/mol. The third-order valence-electron chi connectivity index (χ3n) is 5.91. The number of anilines is 2. The summed E-state index contributed by atoms with van der Waals surface area (Å²) < 4.78 is 11.0. The first-order valence-corrected chi connectivity index (χ1v) is 15.3. The fraction of sp³-hybridized carbons (Fsp3) is 0.207. The van der Waals surface area contributed by atoms with Crippen molar-refractivity contribution in [2.24, 2.45) is 0 Å². The van der Waals surface area contributed by atoms with E-state index in [0.717, 1.165) is 33.6 Å². The van der Waals surface area contributed by atoms with Crippen molar-refractivity contribution in [1.29, 1.82) is 0 Å². The lowest BCUT2D eigenvalue weighted by Gasteiger charge is -2.10. The number of hydrogen-bond acceptors (Lipinski definition) is 9. The summed E-state index contributed by atoms with van der Waals surface area (Å²) in [5, 5.41) is 16.1. The Kier molecular flexibility index (Phi) is 9.37. The minimum absolute atomic E-state index is 0.0251. The average Bonchev–Trinajstić information content (AvgIpc) is 3.58. The summed E-state index contributed by atoms with van der Waals surface area (Å²) in [6.07, 6.45) is 0. The van der Waals surface area contributed by atoms with E-state index in [-0.39, 0.29) is 40.3 Å². The van der Waals surface area contributed by atoms with Crippen LogP contribution in [0.15, 0.2) is 64.9 Å². The Hall–Kier alpha value is -4.69. The molecular formula is C29H28N6O6S2. The number of carboxylic acid groups (broad SMARTS) is 1. The van der Waals surface area contributed by atoms with E-state index in [1.54, 1.807) is 0 Å². The minimum Gasteiger partial charge on any atom is -0.494 e. The summed E-state index contributed by atoms with van der Waals surface area (Å²) in [6, 6.07) is 15.2. The number of rotatable bonds is 13. The third-order valence-corrected chi connectivity index (χ3v) is 7.66. The van der Waals surface area contributed by atoms with Gasteiger partial charge in [-0.1, -0.05) is 23.5 Å². The highest BCUT2D eigenvalue weighted by Gasteiger charge is 2.14. The highest BCUT2D eigenvalue weighted by atomic mass is 32.2. The molecule has 0 saturated carbocycles. The zero-order valence-electron chi connectivity index (χ0n) is 23.2. The summed E-state index contributed by atoms with van der Waals surface area (Å²) in [5.41, 5.74) is 3.46. The monoisotopic (exact) mass is 620 g/mol. The predicted octanol–water partition coefficient (Wildman–Crippen LogP) is 5.40. The zero-order valence-corrected chi connectivity index (χ0v) is 24.9. The number of nitrogens with zero attached hydrogens (tertiary/aromatic N) is 2. The molecule has 0 spiro atoms. The Morgan fingerprint density at radius 1 is 0.744 bits per heavy atom. The first-order valence-electron chi connectivity index (χ1n) is 13.3. The van der Waals surface area contributed by atoms with Crippen LogP contribution in [0.25, 0.3) is 22.1 Å². The van der Waals surface area contributed by atoms with Gasteiger partial charge in [0.2, 0.25) is 11.8 Å². The number of imidazole rings is 2. The molecule has 222 valence electrons. The van der Waals surface area contributed by atoms with Crippen LogP contribution in [0.5, 0.6) is 11.5 Å². The number of thioether (sulfide) groups is 2. The highest BCUT2D eigenvalue weighted by molar-refractivity contribution is 8.00. The Bertz CT molecular complexity index is 1680. The SMILES string of the molecule is CCOc1ccc2nc(SCC(=O)Nc3cc(NC(=O)CSc4nc5ccc(OCC)cc5[nH]4)cc(C(=O)O)c3)[nH]c2c1. The van der Waals surface area contributed by atoms with Crippen molar-refractivity contribution in [1.82, 2.24) is 19.9 Å². The number of hydrogen-bond donors (Lipinski definition) is 5. The van der Waals surface area contributed by atoms with Crippen LogP contribution in [0.4, 0.5) is 11.4 Å². The molecule has 5 rings (SSSR count). The van der Waals surface area contributed by atoms with E-state index >= 15 is 0 Å². The van der Waals surface area contributed by atoms with E-state index in [9.17, 15) is 19.5 Å². The summed E-state index contributed by atoms with van der Waals surface area (Å²) in [7, 11) is 0. The molecule has 0 unspecified atom stereocenters. The molecule has 0 fully saturated rings. The third kappa shape index (κ3) is 7.78. The van der Waals surface area contributed by atoms with E-state index in [1.807, 2.05) is 50.2 Å². The molecule has 0 aliphatic rings. The molecule has 0 atom stereocenters. The minimum atomic E-state index is -1.20. The fourth-order valence-corrected chi connectivity index (χ4v) is 5.51. The molecular weight excluding hydrogens is 592 g/mol. The van der Waals surface area contributed by atoms with Crippen molar-refractivity contribution >= 4 is 74.7 Å². The van der Waals surface area contributed by atoms with Crippen LogP contribution < -0.4 is 20.1 Å². The van der Waals surface area contributed by atoms with Gasteiger partial charge in [0, 0.05) is 23.5 Å². The number of aromatic amines is 2. The van der Waals surface area contributed by atoms with E-state index < -0.39 is 5.97 Å². The molecule has 43 heavy (non-hydrogen) atoms. The molecule has 0 bridgehead atoms. The highest BCUT2D eigenvalue weighted by Crippen LogP contribution is 2.26. The molecule has 2 aromatic heterocycles. The van der Waals surface area contributed by atoms with Gasteiger partial charge in [0.15, 0.2) is 10.3 Å². The Labute approximate surface area is 254 Å². The quantitative estimate of drug-likeness (QED) is 0.107. The van der Waals surface area contributed by atoms with Gasteiger partial charge >= 0.3 is 5.97 Å². The largest absolute Gasteiger partial charge is 0.494 e. The number of H-pyrrole nitrogens is 2. The Morgan fingerprint density at radius 3 is 1.63 bits per heavy atom. The summed E-state index contributed by atoms with van der Waals surface area (Å²) in [6.45, 7) is 4.91. The summed E-state index contributed by atoms with van der Waals surface area (Å²) >= 11 is 2.41. The lowest BCUT2D eigenvalue weighted by Crippen LogP contribution is -2.17. The maximum atomic E-state index is 12.7. The smallest absolute Gasteiger partial charge is 0.335 e. The van der Waals surface area contributed by atoms with Crippen molar-refractivity contribution in [3.05, 3.63) is 60.2 Å². The average molecular weight is 621 g/mol. The molecule has 2 heterocycles. The van der Waals surface area contributed by atoms with Gasteiger partial charge in [-0.2, -0.15) is 0 Å². The van der Waals surface area contributed by atoms with Gasteiger partial charge in [-0.05, 0) is 56.3 Å². The lowest BCUT2D eigenvalue weighted by molar-refractivity contribution is -0.114. The van der Waals surface area contributed by atoms with Crippen molar-refractivity contribution in [2.75, 3.05) is 35.4 Å². The van der Waals surface area contributed by atoms with Gasteiger partial charge in [0.1, 0.15) is 11.5 Å². The van der Waals surface area contributed by atoms with Gasteiger partial charge in [-0.3, -0.25) is 9.59 Å². The van der Waals surface area contributed by atoms with E-state index in [1.165, 1.54) is 41.7 Å². The van der Waals surface area contributed by atoms with Crippen LogP contribution in [-0.2, 0) is 9.59 Å². The number of carboxylic acids is 1. The molecule has 14 heteroatoms.